The van der Waals surface area contributed by atoms with Crippen molar-refractivity contribution in [2.24, 2.45) is 0 Å². The van der Waals surface area contributed by atoms with Gasteiger partial charge in [0.25, 0.3) is 5.69 Å². The summed E-state index contributed by atoms with van der Waals surface area (Å²) in [6, 6.07) is 3.02. The number of anilines is 1. The predicted octanol–water partition coefficient (Wildman–Crippen LogP) is 3.12. The summed E-state index contributed by atoms with van der Waals surface area (Å²) < 4.78 is 11.1. The number of rotatable bonds is 4. The van der Waals surface area contributed by atoms with Gasteiger partial charge in [0, 0.05) is 18.3 Å². The molecule has 1 heterocycles. The van der Waals surface area contributed by atoms with Crippen molar-refractivity contribution >= 4 is 23.0 Å². The number of ether oxygens (including phenoxy) is 2. The Balaban J connectivity index is 2.04. The molecular weight excluding hydrogens is 284 g/mol. The molecule has 2 rings (SSSR count). The predicted molar refractivity (Wildman–Crippen MR) is 76.2 cm³/mol. The van der Waals surface area contributed by atoms with E-state index in [4.69, 9.17) is 21.1 Å². The largest absolute Gasteiger partial charge is 0.382 e. The third kappa shape index (κ3) is 3.39. The van der Waals surface area contributed by atoms with Crippen LogP contribution in [0.25, 0.3) is 0 Å². The number of nitrogens with one attached hydrogen (secondary N) is 1. The third-order valence-corrected chi connectivity index (χ3v) is 3.38. The summed E-state index contributed by atoms with van der Waals surface area (Å²) in [5, 5.41) is 14.1. The molecule has 1 atom stereocenters. The zero-order valence-corrected chi connectivity index (χ0v) is 12.4. The number of nitro benzene ring substituents is 1. The van der Waals surface area contributed by atoms with Crippen LogP contribution < -0.4 is 5.32 Å². The number of hydrogen-bond donors (Lipinski definition) is 1. The lowest BCUT2D eigenvalue weighted by Gasteiger charge is -2.18. The van der Waals surface area contributed by atoms with Gasteiger partial charge in [0.2, 0.25) is 0 Å². The van der Waals surface area contributed by atoms with E-state index in [1.54, 1.807) is 13.0 Å². The first-order chi connectivity index (χ1) is 9.28. The van der Waals surface area contributed by atoms with Crippen LogP contribution in [0, 0.1) is 17.0 Å². The second-order valence-corrected chi connectivity index (χ2v) is 5.61. The number of nitrogens with zero attached hydrogens (tertiary/aromatic N) is 1. The van der Waals surface area contributed by atoms with Gasteiger partial charge in [0.15, 0.2) is 5.79 Å². The highest BCUT2D eigenvalue weighted by Crippen LogP contribution is 2.31. The summed E-state index contributed by atoms with van der Waals surface area (Å²) >= 11 is 5.90. The smallest absolute Gasteiger partial charge is 0.288 e. The molecule has 6 nitrogen and oxygen atoms in total. The molecule has 0 saturated carbocycles. The van der Waals surface area contributed by atoms with Crippen LogP contribution in [-0.4, -0.2) is 30.0 Å². The normalized spacial score (nSPS) is 20.9. The molecule has 0 spiro atoms. The lowest BCUT2D eigenvalue weighted by molar-refractivity contribution is -0.384. The van der Waals surface area contributed by atoms with Gasteiger partial charge in [-0.25, -0.2) is 0 Å². The molecule has 1 aliphatic heterocycles. The lowest BCUT2D eigenvalue weighted by atomic mass is 10.1. The molecule has 20 heavy (non-hydrogen) atoms. The number of aryl methyl sites for hydroxylation is 1. The minimum atomic E-state index is -0.561. The first-order valence-corrected chi connectivity index (χ1v) is 6.66. The zero-order chi connectivity index (χ0) is 14.9. The van der Waals surface area contributed by atoms with E-state index in [9.17, 15) is 10.1 Å². The van der Waals surface area contributed by atoms with Gasteiger partial charge in [-0.05, 0) is 32.4 Å². The van der Waals surface area contributed by atoms with Crippen molar-refractivity contribution in [3.8, 4) is 0 Å². The Morgan fingerprint density at radius 1 is 1.55 bits per heavy atom. The summed E-state index contributed by atoms with van der Waals surface area (Å²) in [5.74, 6) is -0.561. The maximum Gasteiger partial charge on any atom is 0.288 e. The molecule has 1 aromatic carbocycles. The van der Waals surface area contributed by atoms with Crippen molar-refractivity contribution in [2.45, 2.75) is 32.7 Å². The Labute approximate surface area is 122 Å². The van der Waals surface area contributed by atoms with Gasteiger partial charge in [-0.15, -0.1) is 0 Å². The van der Waals surface area contributed by atoms with Crippen molar-refractivity contribution in [3.63, 3.8) is 0 Å². The maximum atomic E-state index is 10.8. The van der Waals surface area contributed by atoms with Crippen molar-refractivity contribution in [2.75, 3.05) is 18.5 Å². The van der Waals surface area contributed by atoms with Crippen LogP contribution in [0.2, 0.25) is 5.02 Å². The van der Waals surface area contributed by atoms with Crippen molar-refractivity contribution in [3.05, 3.63) is 32.8 Å². The quantitative estimate of drug-likeness (QED) is 0.683. The fourth-order valence-corrected chi connectivity index (χ4v) is 2.32. The minimum Gasteiger partial charge on any atom is -0.382 e. The topological polar surface area (TPSA) is 73.6 Å². The van der Waals surface area contributed by atoms with Gasteiger partial charge in [-0.3, -0.25) is 10.1 Å². The Morgan fingerprint density at radius 3 is 2.80 bits per heavy atom. The molecular formula is C13H17ClN2O4. The van der Waals surface area contributed by atoms with Crippen molar-refractivity contribution in [1.29, 1.82) is 0 Å². The van der Waals surface area contributed by atoms with Gasteiger partial charge in [0.05, 0.1) is 11.5 Å². The van der Waals surface area contributed by atoms with Gasteiger partial charge in [-0.2, -0.15) is 0 Å². The SMILES string of the molecule is Cc1cc([N+](=O)[O-])c(Cl)cc1NCC1COC(C)(C)O1. The van der Waals surface area contributed by atoms with Crippen LogP contribution in [0.15, 0.2) is 12.1 Å². The van der Waals surface area contributed by atoms with E-state index in [1.165, 1.54) is 6.07 Å². The molecule has 1 saturated heterocycles. The van der Waals surface area contributed by atoms with Gasteiger partial charge < -0.3 is 14.8 Å². The molecule has 7 heteroatoms. The van der Waals surface area contributed by atoms with Crippen LogP contribution in [0.1, 0.15) is 19.4 Å². The average molecular weight is 301 g/mol. The van der Waals surface area contributed by atoms with E-state index in [2.05, 4.69) is 5.32 Å². The van der Waals surface area contributed by atoms with Crippen molar-refractivity contribution < 1.29 is 14.4 Å². The fourth-order valence-electron chi connectivity index (χ4n) is 2.08. The number of halogens is 1. The van der Waals surface area contributed by atoms with E-state index >= 15 is 0 Å². The van der Waals surface area contributed by atoms with E-state index < -0.39 is 10.7 Å². The zero-order valence-electron chi connectivity index (χ0n) is 11.6. The van der Waals surface area contributed by atoms with Gasteiger partial charge in [-0.1, -0.05) is 11.6 Å². The number of nitro groups is 1. The van der Waals surface area contributed by atoms with Crippen LogP contribution in [0.4, 0.5) is 11.4 Å². The summed E-state index contributed by atoms with van der Waals surface area (Å²) in [5.41, 5.74) is 1.43. The monoisotopic (exact) mass is 300 g/mol. The standard InChI is InChI=1S/C13H17ClN2O4/c1-8-4-12(16(17)18)10(14)5-11(8)15-6-9-7-19-13(2,3)20-9/h4-5,9,15H,6-7H2,1-3H3. The summed E-state index contributed by atoms with van der Waals surface area (Å²) in [4.78, 5) is 10.3. The van der Waals surface area contributed by atoms with Crippen LogP contribution in [0.5, 0.6) is 0 Å². The highest BCUT2D eigenvalue weighted by molar-refractivity contribution is 6.33. The molecule has 1 aliphatic rings. The molecule has 0 radical (unpaired) electrons. The van der Waals surface area contributed by atoms with E-state index in [0.717, 1.165) is 11.3 Å². The van der Waals surface area contributed by atoms with Gasteiger partial charge in [0.1, 0.15) is 11.1 Å². The molecule has 1 N–H and O–H groups in total. The van der Waals surface area contributed by atoms with Crippen LogP contribution >= 0.6 is 11.6 Å². The first kappa shape index (κ1) is 15.0. The molecule has 1 aromatic rings. The van der Waals surface area contributed by atoms with Crippen LogP contribution in [-0.2, 0) is 9.47 Å². The maximum absolute atomic E-state index is 10.8. The molecule has 0 amide bonds. The van der Waals surface area contributed by atoms with E-state index in [-0.39, 0.29) is 16.8 Å². The Bertz CT molecular complexity index is 533. The second-order valence-electron chi connectivity index (χ2n) is 5.21. The molecule has 1 unspecified atom stereocenters. The second kappa shape index (κ2) is 5.55. The highest BCUT2D eigenvalue weighted by Gasteiger charge is 2.32. The molecule has 110 valence electrons. The highest BCUT2D eigenvalue weighted by atomic mass is 35.5. The summed E-state index contributed by atoms with van der Waals surface area (Å²) in [6.07, 6.45) is -0.0571. The first-order valence-electron chi connectivity index (χ1n) is 6.29. The lowest BCUT2D eigenvalue weighted by Crippen LogP contribution is -2.26. The Morgan fingerprint density at radius 2 is 2.25 bits per heavy atom. The van der Waals surface area contributed by atoms with E-state index in [0.29, 0.717) is 13.2 Å². The molecule has 0 bridgehead atoms. The minimum absolute atomic E-state index is 0.0571. The fraction of sp³-hybridized carbons (Fsp3) is 0.538. The molecule has 0 aromatic heterocycles. The Hall–Kier alpha value is -1.37. The van der Waals surface area contributed by atoms with Gasteiger partial charge >= 0.3 is 0 Å². The number of hydrogen-bond acceptors (Lipinski definition) is 5. The van der Waals surface area contributed by atoms with Crippen molar-refractivity contribution in [1.82, 2.24) is 0 Å². The Kier molecular flexibility index (Phi) is 4.17. The molecule has 1 fully saturated rings. The van der Waals surface area contributed by atoms with Crippen LogP contribution in [0.3, 0.4) is 0 Å². The summed E-state index contributed by atoms with van der Waals surface area (Å²) in [7, 11) is 0. The number of benzene rings is 1. The van der Waals surface area contributed by atoms with E-state index in [1.807, 2.05) is 13.8 Å². The molecule has 0 aliphatic carbocycles. The average Bonchev–Trinajstić information content (AvgIpc) is 2.69. The third-order valence-electron chi connectivity index (χ3n) is 3.08. The summed E-state index contributed by atoms with van der Waals surface area (Å²) in [6.45, 7) is 6.59.